The van der Waals surface area contributed by atoms with Gasteiger partial charge in [-0.1, -0.05) is 6.92 Å². The summed E-state index contributed by atoms with van der Waals surface area (Å²) in [5, 5.41) is 11.3. The highest BCUT2D eigenvalue weighted by atomic mass is 19.1. The maximum Gasteiger partial charge on any atom is 0.0950 e. The van der Waals surface area contributed by atoms with Crippen LogP contribution >= 0.6 is 0 Å². The summed E-state index contributed by atoms with van der Waals surface area (Å²) >= 11 is 0. The Morgan fingerprint density at radius 3 is 2.80 bits per heavy atom. The van der Waals surface area contributed by atoms with Crippen LogP contribution in [0.25, 0.3) is 0 Å². The Kier molecular flexibility index (Phi) is 6.10. The van der Waals surface area contributed by atoms with E-state index in [4.69, 9.17) is 5.26 Å². The second kappa shape index (κ2) is 6.50. The van der Waals surface area contributed by atoms with Gasteiger partial charge in [-0.3, -0.25) is 4.39 Å². The standard InChI is InChI=1S/C7H13FN2/c1-2-7(6-9)10-5-3-4-8/h7,10H,2-5H2,1H3. The van der Waals surface area contributed by atoms with Crippen LogP contribution in [0.4, 0.5) is 4.39 Å². The zero-order valence-corrected chi connectivity index (χ0v) is 6.23. The van der Waals surface area contributed by atoms with Gasteiger partial charge in [0.15, 0.2) is 0 Å². The molecule has 0 radical (unpaired) electrons. The van der Waals surface area contributed by atoms with Crippen molar-refractivity contribution in [2.45, 2.75) is 25.8 Å². The summed E-state index contributed by atoms with van der Waals surface area (Å²) in [5.74, 6) is 0. The number of nitrogens with one attached hydrogen (secondary N) is 1. The average molecular weight is 144 g/mol. The first-order valence-electron chi connectivity index (χ1n) is 3.54. The summed E-state index contributed by atoms with van der Waals surface area (Å²) in [6, 6.07) is 1.97. The van der Waals surface area contributed by atoms with Crippen LogP contribution in [0.3, 0.4) is 0 Å². The topological polar surface area (TPSA) is 35.8 Å². The van der Waals surface area contributed by atoms with Gasteiger partial charge in [0.05, 0.1) is 18.8 Å². The molecule has 1 unspecified atom stereocenters. The minimum absolute atomic E-state index is 0.105. The van der Waals surface area contributed by atoms with Crippen LogP contribution in [0.2, 0.25) is 0 Å². The summed E-state index contributed by atoms with van der Waals surface area (Å²) in [7, 11) is 0. The van der Waals surface area contributed by atoms with Gasteiger partial charge in [0.25, 0.3) is 0 Å². The van der Waals surface area contributed by atoms with E-state index in [-0.39, 0.29) is 12.7 Å². The molecule has 0 aromatic heterocycles. The Morgan fingerprint density at radius 2 is 2.40 bits per heavy atom. The molecule has 0 heterocycles. The van der Waals surface area contributed by atoms with Crippen molar-refractivity contribution < 1.29 is 4.39 Å². The lowest BCUT2D eigenvalue weighted by Gasteiger charge is -2.06. The van der Waals surface area contributed by atoms with Crippen molar-refractivity contribution in [3.05, 3.63) is 0 Å². The van der Waals surface area contributed by atoms with Crippen LogP contribution < -0.4 is 5.32 Å². The van der Waals surface area contributed by atoms with Crippen molar-refractivity contribution in [2.75, 3.05) is 13.2 Å². The van der Waals surface area contributed by atoms with Crippen LogP contribution in [0.5, 0.6) is 0 Å². The van der Waals surface area contributed by atoms with Gasteiger partial charge in [-0.05, 0) is 19.4 Å². The van der Waals surface area contributed by atoms with Gasteiger partial charge in [0, 0.05) is 0 Å². The van der Waals surface area contributed by atoms with E-state index in [9.17, 15) is 4.39 Å². The summed E-state index contributed by atoms with van der Waals surface area (Å²) in [6.07, 6.45) is 1.28. The fourth-order valence-corrected chi connectivity index (χ4v) is 0.624. The van der Waals surface area contributed by atoms with Crippen molar-refractivity contribution in [2.24, 2.45) is 0 Å². The summed E-state index contributed by atoms with van der Waals surface area (Å²) in [4.78, 5) is 0. The molecule has 2 nitrogen and oxygen atoms in total. The predicted molar refractivity (Wildman–Crippen MR) is 38.3 cm³/mol. The number of nitriles is 1. The zero-order valence-electron chi connectivity index (χ0n) is 6.23. The third-order valence-corrected chi connectivity index (χ3v) is 1.27. The van der Waals surface area contributed by atoms with Crippen LogP contribution in [0.1, 0.15) is 19.8 Å². The van der Waals surface area contributed by atoms with Crippen molar-refractivity contribution in [3.63, 3.8) is 0 Å². The first-order valence-corrected chi connectivity index (χ1v) is 3.54. The number of hydrogen-bond donors (Lipinski definition) is 1. The first kappa shape index (κ1) is 9.38. The molecule has 0 aromatic carbocycles. The molecule has 3 heteroatoms. The molecule has 0 aliphatic rings. The van der Waals surface area contributed by atoms with E-state index < -0.39 is 0 Å². The molecule has 0 fully saturated rings. The summed E-state index contributed by atoms with van der Waals surface area (Å²) in [5.41, 5.74) is 0. The number of hydrogen-bond acceptors (Lipinski definition) is 2. The molecule has 0 amide bonds. The van der Waals surface area contributed by atoms with E-state index >= 15 is 0 Å². The zero-order chi connectivity index (χ0) is 7.82. The third-order valence-electron chi connectivity index (χ3n) is 1.27. The molecule has 10 heavy (non-hydrogen) atoms. The number of halogens is 1. The molecular formula is C7H13FN2. The van der Waals surface area contributed by atoms with Gasteiger partial charge in [0.2, 0.25) is 0 Å². The molecule has 0 saturated carbocycles. The molecule has 0 aliphatic carbocycles. The summed E-state index contributed by atoms with van der Waals surface area (Å²) in [6.45, 7) is 2.22. The number of rotatable bonds is 5. The first-order chi connectivity index (χ1) is 4.85. The van der Waals surface area contributed by atoms with E-state index in [0.717, 1.165) is 6.42 Å². The largest absolute Gasteiger partial charge is 0.302 e. The predicted octanol–water partition coefficient (Wildman–Crippen LogP) is 1.24. The van der Waals surface area contributed by atoms with Gasteiger partial charge in [-0.25, -0.2) is 0 Å². The molecule has 0 spiro atoms. The maximum absolute atomic E-state index is 11.5. The fraction of sp³-hybridized carbons (Fsp3) is 0.857. The molecule has 58 valence electrons. The molecule has 0 rings (SSSR count). The Morgan fingerprint density at radius 1 is 1.70 bits per heavy atom. The lowest BCUT2D eigenvalue weighted by Crippen LogP contribution is -2.27. The number of nitrogens with zero attached hydrogens (tertiary/aromatic N) is 1. The van der Waals surface area contributed by atoms with Crippen molar-refractivity contribution >= 4 is 0 Å². The minimum Gasteiger partial charge on any atom is -0.302 e. The van der Waals surface area contributed by atoms with E-state index in [2.05, 4.69) is 11.4 Å². The number of alkyl halides is 1. The van der Waals surface area contributed by atoms with Crippen LogP contribution in [0.15, 0.2) is 0 Å². The van der Waals surface area contributed by atoms with Crippen molar-refractivity contribution in [3.8, 4) is 6.07 Å². The highest BCUT2D eigenvalue weighted by molar-refractivity contribution is 4.87. The molecule has 0 aromatic rings. The van der Waals surface area contributed by atoms with Crippen molar-refractivity contribution in [1.82, 2.24) is 5.32 Å². The monoisotopic (exact) mass is 144 g/mol. The Hall–Kier alpha value is -0.620. The van der Waals surface area contributed by atoms with Crippen LogP contribution in [-0.2, 0) is 0 Å². The second-order valence-corrected chi connectivity index (χ2v) is 2.09. The van der Waals surface area contributed by atoms with Crippen LogP contribution in [-0.4, -0.2) is 19.3 Å². The maximum atomic E-state index is 11.5. The average Bonchev–Trinajstić information content (AvgIpc) is 1.99. The lowest BCUT2D eigenvalue weighted by atomic mass is 10.2. The van der Waals surface area contributed by atoms with E-state index in [1.165, 1.54) is 0 Å². The van der Waals surface area contributed by atoms with E-state index in [1.807, 2.05) is 6.92 Å². The molecule has 1 atom stereocenters. The summed E-state index contributed by atoms with van der Waals surface area (Å²) < 4.78 is 11.5. The highest BCUT2D eigenvalue weighted by Crippen LogP contribution is 1.87. The van der Waals surface area contributed by atoms with Gasteiger partial charge in [-0.15, -0.1) is 0 Å². The molecule has 0 saturated heterocycles. The highest BCUT2D eigenvalue weighted by Gasteiger charge is 2.00. The third kappa shape index (κ3) is 4.28. The molecule has 0 aliphatic heterocycles. The second-order valence-electron chi connectivity index (χ2n) is 2.09. The fourth-order valence-electron chi connectivity index (χ4n) is 0.624. The SMILES string of the molecule is CCC(C#N)NCCCF. The Balaban J connectivity index is 3.20. The van der Waals surface area contributed by atoms with E-state index in [1.54, 1.807) is 0 Å². The normalized spacial score (nSPS) is 12.5. The minimum atomic E-state index is -0.311. The van der Waals surface area contributed by atoms with Gasteiger partial charge < -0.3 is 5.32 Å². The molecular weight excluding hydrogens is 131 g/mol. The Labute approximate surface area is 61.0 Å². The van der Waals surface area contributed by atoms with Gasteiger partial charge in [-0.2, -0.15) is 5.26 Å². The molecule has 1 N–H and O–H groups in total. The van der Waals surface area contributed by atoms with Crippen LogP contribution in [0, 0.1) is 11.3 Å². The van der Waals surface area contributed by atoms with Gasteiger partial charge >= 0.3 is 0 Å². The van der Waals surface area contributed by atoms with Gasteiger partial charge in [0.1, 0.15) is 0 Å². The lowest BCUT2D eigenvalue weighted by molar-refractivity contribution is 0.449. The van der Waals surface area contributed by atoms with E-state index in [0.29, 0.717) is 13.0 Å². The molecule has 0 bridgehead atoms. The quantitative estimate of drug-likeness (QED) is 0.589. The Bertz CT molecular complexity index is 109. The smallest absolute Gasteiger partial charge is 0.0950 e. The van der Waals surface area contributed by atoms with Crippen molar-refractivity contribution in [1.29, 1.82) is 5.26 Å².